The summed E-state index contributed by atoms with van der Waals surface area (Å²) in [7, 11) is 0. The summed E-state index contributed by atoms with van der Waals surface area (Å²) in [6.45, 7) is 2.54. The van der Waals surface area contributed by atoms with Gasteiger partial charge in [0, 0.05) is 0 Å². The number of aliphatic carboxylic acids is 1. The molecule has 0 spiro atoms. The number of carbonyl (C=O) groups is 2. The van der Waals surface area contributed by atoms with Crippen LogP contribution >= 0.6 is 0 Å². The molecule has 0 aliphatic rings. The Bertz CT molecular complexity index is 241. The monoisotopic (exact) mass is 220 g/mol. The van der Waals surface area contributed by atoms with E-state index in [4.69, 9.17) is 21.1 Å². The van der Waals surface area contributed by atoms with Crippen molar-refractivity contribution in [2.45, 2.75) is 38.1 Å². The van der Waals surface area contributed by atoms with Crippen LogP contribution in [0.2, 0.25) is 0 Å². The van der Waals surface area contributed by atoms with Crippen LogP contribution < -0.4 is 11.1 Å². The third-order valence-electron chi connectivity index (χ3n) is 1.87. The smallest absolute Gasteiger partial charge is 0.328 e. The number of aliphatic hydroxyl groups is 2. The molecule has 88 valence electrons. The molecule has 0 unspecified atom stereocenters. The average molecular weight is 220 g/mol. The number of rotatable bonds is 5. The molecule has 0 rings (SSSR count). The molecule has 0 fully saturated rings. The zero-order valence-corrected chi connectivity index (χ0v) is 8.54. The average Bonchev–Trinajstić information content (AvgIpc) is 2.11. The topological polar surface area (TPSA) is 133 Å². The van der Waals surface area contributed by atoms with Crippen molar-refractivity contribution in [3.8, 4) is 0 Å². The molecular weight excluding hydrogens is 204 g/mol. The predicted octanol–water partition coefficient (Wildman–Crippen LogP) is -2.36. The molecule has 0 aromatic heterocycles. The van der Waals surface area contributed by atoms with Crippen molar-refractivity contribution in [1.82, 2.24) is 5.32 Å². The third-order valence-corrected chi connectivity index (χ3v) is 1.87. The molecule has 0 aromatic carbocycles. The lowest BCUT2D eigenvalue weighted by Gasteiger charge is -2.20. The number of amides is 1. The number of nitrogens with one attached hydrogen (secondary N) is 1. The molecule has 0 heterocycles. The van der Waals surface area contributed by atoms with Crippen molar-refractivity contribution < 1.29 is 24.9 Å². The Hall–Kier alpha value is -1.18. The van der Waals surface area contributed by atoms with E-state index in [9.17, 15) is 9.59 Å². The lowest BCUT2D eigenvalue weighted by Crippen LogP contribution is -2.55. The van der Waals surface area contributed by atoms with Gasteiger partial charge < -0.3 is 26.4 Å². The standard InChI is InChI=1S/C8H16N2O5/c1-3(11)5(9)7(13)10-6(4(2)12)8(14)15/h3-6,11-12H,9H2,1-2H3,(H,10,13)(H,14,15)/t3-,4-,5+,6+/m1/s1. The first kappa shape index (κ1) is 13.8. The van der Waals surface area contributed by atoms with Gasteiger partial charge >= 0.3 is 5.97 Å². The minimum absolute atomic E-state index is 0.821. The summed E-state index contributed by atoms with van der Waals surface area (Å²) in [5.41, 5.74) is 5.27. The van der Waals surface area contributed by atoms with Gasteiger partial charge in [0.05, 0.1) is 12.2 Å². The second kappa shape index (κ2) is 5.64. The van der Waals surface area contributed by atoms with Crippen LogP contribution in [0.1, 0.15) is 13.8 Å². The first-order valence-electron chi connectivity index (χ1n) is 4.42. The summed E-state index contributed by atoms with van der Waals surface area (Å²) >= 11 is 0. The van der Waals surface area contributed by atoms with Gasteiger partial charge in [0.1, 0.15) is 6.04 Å². The summed E-state index contributed by atoms with van der Waals surface area (Å²) in [6, 6.07) is -2.65. The quantitative estimate of drug-likeness (QED) is 0.352. The number of carboxylic acids is 1. The Labute approximate surface area is 86.9 Å². The van der Waals surface area contributed by atoms with Gasteiger partial charge in [-0.05, 0) is 13.8 Å². The van der Waals surface area contributed by atoms with E-state index in [0.717, 1.165) is 0 Å². The van der Waals surface area contributed by atoms with Crippen LogP contribution in [-0.2, 0) is 9.59 Å². The first-order valence-corrected chi connectivity index (χ1v) is 4.42. The van der Waals surface area contributed by atoms with E-state index in [-0.39, 0.29) is 0 Å². The van der Waals surface area contributed by atoms with E-state index in [0.29, 0.717) is 0 Å². The zero-order chi connectivity index (χ0) is 12.2. The normalized spacial score (nSPS) is 18.7. The number of hydrogen-bond acceptors (Lipinski definition) is 5. The fourth-order valence-corrected chi connectivity index (χ4v) is 0.857. The molecule has 7 heteroatoms. The van der Waals surface area contributed by atoms with Gasteiger partial charge in [0.2, 0.25) is 5.91 Å². The highest BCUT2D eigenvalue weighted by atomic mass is 16.4. The minimum Gasteiger partial charge on any atom is -0.480 e. The van der Waals surface area contributed by atoms with E-state index >= 15 is 0 Å². The maximum atomic E-state index is 11.2. The predicted molar refractivity (Wildman–Crippen MR) is 50.9 cm³/mol. The maximum Gasteiger partial charge on any atom is 0.328 e. The van der Waals surface area contributed by atoms with Crippen molar-refractivity contribution in [2.75, 3.05) is 0 Å². The zero-order valence-electron chi connectivity index (χ0n) is 8.54. The van der Waals surface area contributed by atoms with Crippen LogP contribution in [0, 0.1) is 0 Å². The van der Waals surface area contributed by atoms with Gasteiger partial charge in [0.25, 0.3) is 0 Å². The SMILES string of the molecule is C[C@@H](O)[C@H](N)C(=O)N[C@H](C(=O)O)[C@@H](C)O. The largest absolute Gasteiger partial charge is 0.480 e. The van der Waals surface area contributed by atoms with Crippen molar-refractivity contribution in [3.05, 3.63) is 0 Å². The lowest BCUT2D eigenvalue weighted by molar-refractivity contribution is -0.145. The van der Waals surface area contributed by atoms with E-state index in [1.54, 1.807) is 0 Å². The van der Waals surface area contributed by atoms with Crippen molar-refractivity contribution in [3.63, 3.8) is 0 Å². The van der Waals surface area contributed by atoms with E-state index in [2.05, 4.69) is 0 Å². The van der Waals surface area contributed by atoms with Crippen LogP contribution in [0.3, 0.4) is 0 Å². The number of carbonyl (C=O) groups excluding carboxylic acids is 1. The van der Waals surface area contributed by atoms with Crippen molar-refractivity contribution >= 4 is 11.9 Å². The Kier molecular flexibility index (Phi) is 5.20. The molecule has 0 aliphatic carbocycles. The van der Waals surface area contributed by atoms with E-state index < -0.39 is 36.2 Å². The van der Waals surface area contributed by atoms with Crippen molar-refractivity contribution in [2.24, 2.45) is 5.73 Å². The summed E-state index contributed by atoms with van der Waals surface area (Å²) in [5.74, 6) is -2.19. The molecule has 4 atom stereocenters. The Balaban J connectivity index is 4.43. The highest BCUT2D eigenvalue weighted by molar-refractivity contribution is 5.87. The van der Waals surface area contributed by atoms with Crippen LogP contribution in [0.25, 0.3) is 0 Å². The molecule has 0 aromatic rings. The van der Waals surface area contributed by atoms with Crippen LogP contribution in [0.5, 0.6) is 0 Å². The molecule has 6 N–H and O–H groups in total. The Morgan fingerprint density at radius 1 is 1.20 bits per heavy atom. The molecule has 0 saturated heterocycles. The Morgan fingerprint density at radius 2 is 1.67 bits per heavy atom. The highest BCUT2D eigenvalue weighted by Crippen LogP contribution is 1.96. The molecule has 0 saturated carbocycles. The second-order valence-electron chi connectivity index (χ2n) is 3.33. The molecule has 1 amide bonds. The van der Waals surface area contributed by atoms with Gasteiger partial charge in [-0.2, -0.15) is 0 Å². The molecule has 0 bridgehead atoms. The first-order chi connectivity index (χ1) is 6.77. The van der Waals surface area contributed by atoms with E-state index in [1.165, 1.54) is 13.8 Å². The molecular formula is C8H16N2O5. The Morgan fingerprint density at radius 3 is 1.93 bits per heavy atom. The fraction of sp³-hybridized carbons (Fsp3) is 0.750. The van der Waals surface area contributed by atoms with Gasteiger partial charge in [-0.3, -0.25) is 4.79 Å². The lowest BCUT2D eigenvalue weighted by atomic mass is 10.1. The molecule has 0 aliphatic heterocycles. The van der Waals surface area contributed by atoms with Crippen LogP contribution in [-0.4, -0.2) is 51.5 Å². The molecule has 0 radical (unpaired) electrons. The van der Waals surface area contributed by atoms with Crippen molar-refractivity contribution in [1.29, 1.82) is 0 Å². The van der Waals surface area contributed by atoms with Gasteiger partial charge in [-0.1, -0.05) is 0 Å². The van der Waals surface area contributed by atoms with Crippen LogP contribution in [0.4, 0.5) is 0 Å². The summed E-state index contributed by atoms with van der Waals surface area (Å²) in [4.78, 5) is 21.8. The summed E-state index contributed by atoms with van der Waals surface area (Å²) < 4.78 is 0. The highest BCUT2D eigenvalue weighted by Gasteiger charge is 2.28. The van der Waals surface area contributed by atoms with Gasteiger partial charge in [-0.25, -0.2) is 4.79 Å². The van der Waals surface area contributed by atoms with Gasteiger partial charge in [-0.15, -0.1) is 0 Å². The maximum absolute atomic E-state index is 11.2. The summed E-state index contributed by atoms with van der Waals surface area (Å²) in [5, 5.41) is 28.7. The number of hydrogen-bond donors (Lipinski definition) is 5. The van der Waals surface area contributed by atoms with Gasteiger partial charge in [0.15, 0.2) is 6.04 Å². The second-order valence-corrected chi connectivity index (χ2v) is 3.33. The fourth-order valence-electron chi connectivity index (χ4n) is 0.857. The molecule has 7 nitrogen and oxygen atoms in total. The number of nitrogens with two attached hydrogens (primary N) is 1. The van der Waals surface area contributed by atoms with E-state index in [1.807, 2.05) is 5.32 Å². The minimum atomic E-state index is -1.43. The number of carboxylic acid groups (broad SMARTS) is 1. The number of aliphatic hydroxyl groups excluding tert-OH is 2. The summed E-state index contributed by atoms with van der Waals surface area (Å²) in [6.07, 6.45) is -2.33. The van der Waals surface area contributed by atoms with Crippen LogP contribution in [0.15, 0.2) is 0 Å². The third kappa shape index (κ3) is 4.24. The molecule has 15 heavy (non-hydrogen) atoms.